The van der Waals surface area contributed by atoms with Crippen LogP contribution in [-0.2, 0) is 38.2 Å². The molecule has 218 valence electrons. The van der Waals surface area contributed by atoms with Crippen LogP contribution in [0.4, 0.5) is 0 Å². The van der Waals surface area contributed by atoms with Gasteiger partial charge >= 0.3 is 273 Å². The molecule has 0 N–H and O–H groups in total. The van der Waals surface area contributed by atoms with Crippen LogP contribution in [-0.4, -0.2) is 3.26 Å². The number of benzene rings is 5. The quantitative estimate of drug-likeness (QED) is 0.158. The van der Waals surface area contributed by atoms with Gasteiger partial charge in [-0.1, -0.05) is 0 Å². The van der Waals surface area contributed by atoms with Gasteiger partial charge in [0.05, 0.1) is 0 Å². The zero-order valence-electron chi connectivity index (χ0n) is 26.9. The molecule has 5 aromatic carbocycles. The fraction of sp³-hybridized carbons (Fsp3) is 0.233. The molecule has 0 spiro atoms. The molecular weight excluding hydrogens is 695 g/mol. The molecular formula is C43H42Hf. The molecule has 0 saturated carbocycles. The minimum atomic E-state index is -3.11. The second-order valence-electron chi connectivity index (χ2n) is 14.5. The Kier molecular flexibility index (Phi) is 7.45. The van der Waals surface area contributed by atoms with Gasteiger partial charge in [-0.2, -0.15) is 0 Å². The summed E-state index contributed by atoms with van der Waals surface area (Å²) >= 11 is -3.11. The molecule has 5 aromatic rings. The Morgan fingerprint density at radius 1 is 0.636 bits per heavy atom. The van der Waals surface area contributed by atoms with Crippen molar-refractivity contribution in [2.45, 2.75) is 62.5 Å². The second kappa shape index (κ2) is 11.2. The fourth-order valence-corrected chi connectivity index (χ4v) is 21.6. The first-order valence-electron chi connectivity index (χ1n) is 16.0. The van der Waals surface area contributed by atoms with Crippen molar-refractivity contribution in [1.29, 1.82) is 0 Å². The molecule has 0 bridgehead atoms. The van der Waals surface area contributed by atoms with Crippen molar-refractivity contribution in [2.75, 3.05) is 0 Å². The van der Waals surface area contributed by atoms with Crippen molar-refractivity contribution in [3.63, 3.8) is 0 Å². The van der Waals surface area contributed by atoms with Crippen LogP contribution in [0.25, 0.3) is 17.2 Å². The molecule has 2 aliphatic carbocycles. The third-order valence-corrected chi connectivity index (χ3v) is 21.6. The van der Waals surface area contributed by atoms with E-state index in [1.54, 1.807) is 17.7 Å². The normalized spacial score (nSPS) is 15.1. The molecule has 0 fully saturated rings. The molecule has 0 heterocycles. The van der Waals surface area contributed by atoms with Crippen molar-refractivity contribution in [3.8, 4) is 11.1 Å². The predicted molar refractivity (Wildman–Crippen MR) is 186 cm³/mol. The molecule has 44 heavy (non-hydrogen) atoms. The maximum absolute atomic E-state index is 3.11. The monoisotopic (exact) mass is 738 g/mol. The van der Waals surface area contributed by atoms with Crippen LogP contribution in [0.15, 0.2) is 121 Å². The molecule has 1 heteroatoms. The molecule has 0 saturated heterocycles. The summed E-state index contributed by atoms with van der Waals surface area (Å²) in [4.78, 5) is 0. The van der Waals surface area contributed by atoms with E-state index in [0.29, 0.717) is 3.67 Å². The zero-order valence-corrected chi connectivity index (χ0v) is 30.5. The van der Waals surface area contributed by atoms with Crippen LogP contribution in [0.2, 0.25) is 0 Å². The van der Waals surface area contributed by atoms with Gasteiger partial charge in [-0.25, -0.2) is 0 Å². The summed E-state index contributed by atoms with van der Waals surface area (Å²) in [5.74, 6) is 0. The maximum atomic E-state index is 2.57. The van der Waals surface area contributed by atoms with Gasteiger partial charge in [-0.15, -0.1) is 0 Å². The van der Waals surface area contributed by atoms with Crippen molar-refractivity contribution in [1.82, 2.24) is 0 Å². The average molecular weight is 737 g/mol. The van der Waals surface area contributed by atoms with Gasteiger partial charge in [0, 0.05) is 0 Å². The Balaban J connectivity index is 1.61. The first-order chi connectivity index (χ1) is 21.1. The average Bonchev–Trinajstić information content (AvgIpc) is 3.61. The van der Waals surface area contributed by atoms with Crippen molar-refractivity contribution in [3.05, 3.63) is 166 Å². The van der Waals surface area contributed by atoms with E-state index in [2.05, 4.69) is 169 Å². The number of fused-ring (bicyclic) bond motifs is 4. The molecule has 0 nitrogen and oxygen atoms in total. The van der Waals surface area contributed by atoms with Crippen LogP contribution in [0.1, 0.15) is 89.7 Å². The number of hydrogen-bond acceptors (Lipinski definition) is 0. The Hall–Kier alpha value is -3.42. The van der Waals surface area contributed by atoms with E-state index in [4.69, 9.17) is 0 Å². The van der Waals surface area contributed by atoms with E-state index < -0.39 is 21.0 Å². The van der Waals surface area contributed by atoms with Crippen LogP contribution < -0.4 is 3.32 Å². The molecule has 0 aliphatic heterocycles. The number of hydrogen-bond donors (Lipinski definition) is 0. The molecule has 0 amide bonds. The van der Waals surface area contributed by atoms with Crippen LogP contribution in [0, 0.1) is 0 Å². The van der Waals surface area contributed by atoms with Crippen molar-refractivity contribution in [2.24, 2.45) is 0 Å². The van der Waals surface area contributed by atoms with Gasteiger partial charge in [-0.05, 0) is 0 Å². The summed E-state index contributed by atoms with van der Waals surface area (Å²) in [6.45, 7) is 14.3. The standard InChI is InChI=1S/C21H25.C13H10.C9H7.Hf/c1-20(2,3)16-7-9-18-14(12-16)11-15-13-17(21(4,5)6)8-10-19(15)18;1-3-7-12(8-4-1)11-13-9-5-2-6-10-13;1-2-5-9-7-3-6-8(9)4-1;/h7-10,12H,11H2,1-6H3;1-10H;1-7H;. The number of rotatable bonds is 4. The van der Waals surface area contributed by atoms with E-state index in [-0.39, 0.29) is 10.8 Å². The van der Waals surface area contributed by atoms with Crippen molar-refractivity contribution < 1.29 is 21.0 Å². The predicted octanol–water partition coefficient (Wildman–Crippen LogP) is 10.1. The van der Waals surface area contributed by atoms with E-state index >= 15 is 0 Å². The van der Waals surface area contributed by atoms with Gasteiger partial charge in [-0.3, -0.25) is 0 Å². The Morgan fingerprint density at radius 3 is 1.89 bits per heavy atom. The van der Waals surface area contributed by atoms with E-state index in [9.17, 15) is 0 Å². The van der Waals surface area contributed by atoms with Gasteiger partial charge < -0.3 is 0 Å². The van der Waals surface area contributed by atoms with Crippen LogP contribution >= 0.6 is 0 Å². The molecule has 2 aliphatic rings. The Morgan fingerprint density at radius 2 is 1.25 bits per heavy atom. The summed E-state index contributed by atoms with van der Waals surface area (Å²) < 4.78 is 3.78. The fourth-order valence-electron chi connectivity index (χ4n) is 7.30. The Labute approximate surface area is 271 Å². The summed E-state index contributed by atoms with van der Waals surface area (Å²) in [5, 5.41) is 0. The van der Waals surface area contributed by atoms with Gasteiger partial charge in [0.2, 0.25) is 0 Å². The number of allylic oxidation sites excluding steroid dienone is 1. The molecule has 7 rings (SSSR count). The molecule has 1 atom stereocenters. The molecule has 0 radical (unpaired) electrons. The Bertz CT molecular complexity index is 1880. The van der Waals surface area contributed by atoms with Crippen LogP contribution in [0.5, 0.6) is 0 Å². The summed E-state index contributed by atoms with van der Waals surface area (Å²) in [6, 6.07) is 44.1. The van der Waals surface area contributed by atoms with E-state index in [0.717, 1.165) is 6.42 Å². The molecule has 0 aromatic heterocycles. The van der Waals surface area contributed by atoms with Crippen LogP contribution in [0.3, 0.4) is 0 Å². The third-order valence-electron chi connectivity index (χ3n) is 9.52. The van der Waals surface area contributed by atoms with Gasteiger partial charge in [0.25, 0.3) is 0 Å². The topological polar surface area (TPSA) is 0 Å². The van der Waals surface area contributed by atoms with E-state index in [1.807, 2.05) is 0 Å². The van der Waals surface area contributed by atoms with Crippen molar-refractivity contribution >= 4 is 12.7 Å². The van der Waals surface area contributed by atoms with Gasteiger partial charge in [0.15, 0.2) is 0 Å². The first kappa shape index (κ1) is 29.3. The summed E-state index contributed by atoms with van der Waals surface area (Å²) in [7, 11) is 0. The summed E-state index contributed by atoms with van der Waals surface area (Å²) in [5.41, 5.74) is 14.8. The SMILES string of the molecule is CC(C)(C)c1ccc2c(c1)Cc1c-2ccc(C(C)(C)C)[c]1[Hf](=[C](c1ccccc1)c1ccccc1)[CH]1C=Cc2ccccc21. The first-order valence-corrected chi connectivity index (χ1v) is 21.7. The van der Waals surface area contributed by atoms with E-state index in [1.165, 1.54) is 44.5 Å². The third kappa shape index (κ3) is 5.18. The zero-order chi connectivity index (χ0) is 30.6. The van der Waals surface area contributed by atoms with Gasteiger partial charge in [0.1, 0.15) is 0 Å². The summed E-state index contributed by atoms with van der Waals surface area (Å²) in [6.07, 6.45) is 6.00. The second-order valence-corrected chi connectivity index (χ2v) is 23.3. The molecule has 1 unspecified atom stereocenters. The minimum absolute atomic E-state index is 0.0337.